The van der Waals surface area contributed by atoms with Gasteiger partial charge in [0.05, 0.1) is 4.47 Å². The van der Waals surface area contributed by atoms with Crippen LogP contribution in [0.3, 0.4) is 0 Å². The lowest BCUT2D eigenvalue weighted by atomic mass is 10.3. The molecule has 0 amide bonds. The predicted octanol–water partition coefficient (Wildman–Crippen LogP) is 3.63. The minimum Gasteiger partial charge on any atom is -0.490 e. The summed E-state index contributed by atoms with van der Waals surface area (Å²) in [7, 11) is 0. The Bertz CT molecular complexity index is 546. The molecule has 2 N–H and O–H groups in total. The Hall–Kier alpha value is -1.75. The van der Waals surface area contributed by atoms with E-state index >= 15 is 0 Å². The van der Waals surface area contributed by atoms with Crippen molar-refractivity contribution in [1.29, 1.82) is 0 Å². The monoisotopic (exact) mass is 325 g/mol. The Labute approximate surface area is 119 Å². The van der Waals surface area contributed by atoms with E-state index < -0.39 is 0 Å². The van der Waals surface area contributed by atoms with Crippen LogP contribution in [0.15, 0.2) is 46.9 Å². The molecular formula is C14H13BrFNO2. The molecule has 0 radical (unpaired) electrons. The number of halogens is 2. The van der Waals surface area contributed by atoms with Crippen LogP contribution in [0.2, 0.25) is 0 Å². The highest BCUT2D eigenvalue weighted by Crippen LogP contribution is 2.25. The minimum absolute atomic E-state index is 0.308. The minimum atomic E-state index is -0.308. The quantitative estimate of drug-likeness (QED) is 0.674. The zero-order chi connectivity index (χ0) is 13.7. The maximum absolute atomic E-state index is 12.9. The smallest absolute Gasteiger partial charge is 0.133 e. The van der Waals surface area contributed by atoms with Gasteiger partial charge in [-0.25, -0.2) is 4.39 Å². The largest absolute Gasteiger partial charge is 0.490 e. The van der Waals surface area contributed by atoms with E-state index in [2.05, 4.69) is 15.9 Å². The van der Waals surface area contributed by atoms with Crippen LogP contribution < -0.4 is 15.2 Å². The molecule has 0 fully saturated rings. The Kier molecular flexibility index (Phi) is 4.63. The Morgan fingerprint density at radius 1 is 1.00 bits per heavy atom. The third kappa shape index (κ3) is 4.13. The number of nitrogens with two attached hydrogens (primary N) is 1. The maximum atomic E-state index is 12.9. The number of ether oxygens (including phenoxy) is 2. The molecule has 0 aliphatic heterocycles. The second-order valence-electron chi connectivity index (χ2n) is 3.84. The van der Waals surface area contributed by atoms with Gasteiger partial charge in [0.1, 0.15) is 30.5 Å². The van der Waals surface area contributed by atoms with E-state index in [1.165, 1.54) is 12.1 Å². The van der Waals surface area contributed by atoms with E-state index in [-0.39, 0.29) is 5.82 Å². The van der Waals surface area contributed by atoms with Gasteiger partial charge in [0.2, 0.25) is 0 Å². The van der Waals surface area contributed by atoms with E-state index in [1.807, 2.05) is 0 Å². The first-order valence-corrected chi connectivity index (χ1v) is 6.50. The molecule has 0 heterocycles. The summed E-state index contributed by atoms with van der Waals surface area (Å²) in [4.78, 5) is 0. The topological polar surface area (TPSA) is 44.5 Å². The summed E-state index contributed by atoms with van der Waals surface area (Å²) in [6, 6.07) is 11.4. The molecule has 0 unspecified atom stereocenters. The van der Waals surface area contributed by atoms with Crippen molar-refractivity contribution in [1.82, 2.24) is 0 Å². The number of hydrogen-bond donors (Lipinski definition) is 1. The van der Waals surface area contributed by atoms with Gasteiger partial charge >= 0.3 is 0 Å². The summed E-state index contributed by atoms with van der Waals surface area (Å²) in [6.07, 6.45) is 0. The van der Waals surface area contributed by atoms with Gasteiger partial charge in [0.25, 0.3) is 0 Å². The third-order valence-corrected chi connectivity index (χ3v) is 3.00. The van der Waals surface area contributed by atoms with Crippen molar-refractivity contribution >= 4 is 21.6 Å². The number of benzene rings is 2. The zero-order valence-corrected chi connectivity index (χ0v) is 11.7. The summed E-state index contributed by atoms with van der Waals surface area (Å²) >= 11 is 3.23. The molecule has 0 spiro atoms. The lowest BCUT2D eigenvalue weighted by Crippen LogP contribution is -2.09. The first-order chi connectivity index (χ1) is 9.15. The van der Waals surface area contributed by atoms with Crippen molar-refractivity contribution < 1.29 is 13.9 Å². The second-order valence-corrected chi connectivity index (χ2v) is 4.70. The molecule has 0 aliphatic carbocycles. The fourth-order valence-corrected chi connectivity index (χ4v) is 1.93. The maximum Gasteiger partial charge on any atom is 0.133 e. The molecule has 2 aromatic rings. The fraction of sp³-hybridized carbons (Fsp3) is 0.143. The van der Waals surface area contributed by atoms with E-state index in [1.54, 1.807) is 30.3 Å². The van der Waals surface area contributed by atoms with E-state index in [0.29, 0.717) is 29.1 Å². The normalized spacial score (nSPS) is 10.2. The van der Waals surface area contributed by atoms with Crippen molar-refractivity contribution in [2.24, 2.45) is 0 Å². The Balaban J connectivity index is 1.79. The standard InChI is InChI=1S/C14H13BrFNO2/c15-13-9-10(16)1-6-14(13)19-8-7-18-12-4-2-11(17)3-5-12/h1-6,9H,7-8,17H2. The predicted molar refractivity (Wildman–Crippen MR) is 75.9 cm³/mol. The molecule has 2 rings (SSSR count). The third-order valence-electron chi connectivity index (χ3n) is 2.38. The Morgan fingerprint density at radius 3 is 2.37 bits per heavy atom. The molecule has 0 aromatic heterocycles. The number of nitrogen functional groups attached to an aromatic ring is 1. The molecule has 5 heteroatoms. The molecule has 2 aromatic carbocycles. The van der Waals surface area contributed by atoms with E-state index in [9.17, 15) is 4.39 Å². The highest BCUT2D eigenvalue weighted by atomic mass is 79.9. The summed E-state index contributed by atoms with van der Waals surface area (Å²) in [5.74, 6) is 1.01. The molecule has 0 saturated carbocycles. The van der Waals surface area contributed by atoms with Gasteiger partial charge in [-0.2, -0.15) is 0 Å². The molecule has 0 bridgehead atoms. The first kappa shape index (κ1) is 13.7. The van der Waals surface area contributed by atoms with E-state index in [0.717, 1.165) is 5.75 Å². The highest BCUT2D eigenvalue weighted by molar-refractivity contribution is 9.10. The second kappa shape index (κ2) is 6.43. The zero-order valence-electron chi connectivity index (χ0n) is 10.1. The highest BCUT2D eigenvalue weighted by Gasteiger charge is 2.02. The van der Waals surface area contributed by atoms with Gasteiger partial charge in [-0.15, -0.1) is 0 Å². The summed E-state index contributed by atoms with van der Waals surface area (Å²) in [6.45, 7) is 0.766. The van der Waals surface area contributed by atoms with Crippen LogP contribution in [0, 0.1) is 5.82 Å². The van der Waals surface area contributed by atoms with E-state index in [4.69, 9.17) is 15.2 Å². The summed E-state index contributed by atoms with van der Waals surface area (Å²) in [5.41, 5.74) is 6.26. The molecule has 0 aliphatic rings. The molecule has 100 valence electrons. The fourth-order valence-electron chi connectivity index (χ4n) is 1.47. The van der Waals surface area contributed by atoms with Gasteiger partial charge in [0, 0.05) is 5.69 Å². The average Bonchev–Trinajstić information content (AvgIpc) is 2.39. The van der Waals surface area contributed by atoms with Gasteiger partial charge < -0.3 is 15.2 Å². The lowest BCUT2D eigenvalue weighted by Gasteiger charge is -2.09. The van der Waals surface area contributed by atoms with Crippen LogP contribution >= 0.6 is 15.9 Å². The van der Waals surface area contributed by atoms with Crippen molar-refractivity contribution in [3.8, 4) is 11.5 Å². The molecule has 19 heavy (non-hydrogen) atoms. The number of rotatable bonds is 5. The van der Waals surface area contributed by atoms with Gasteiger partial charge in [-0.1, -0.05) is 0 Å². The van der Waals surface area contributed by atoms with Crippen LogP contribution in [0.5, 0.6) is 11.5 Å². The molecular weight excluding hydrogens is 313 g/mol. The molecule has 0 atom stereocenters. The van der Waals surface area contributed by atoms with Crippen molar-refractivity contribution in [3.05, 3.63) is 52.8 Å². The van der Waals surface area contributed by atoms with Gasteiger partial charge in [0.15, 0.2) is 0 Å². The van der Waals surface area contributed by atoms with Crippen LogP contribution in [-0.2, 0) is 0 Å². The van der Waals surface area contributed by atoms with Crippen molar-refractivity contribution in [2.45, 2.75) is 0 Å². The van der Waals surface area contributed by atoms with Crippen LogP contribution in [0.1, 0.15) is 0 Å². The van der Waals surface area contributed by atoms with Crippen molar-refractivity contribution in [2.75, 3.05) is 18.9 Å². The number of hydrogen-bond acceptors (Lipinski definition) is 3. The summed E-state index contributed by atoms with van der Waals surface area (Å²) in [5, 5.41) is 0. The molecule has 0 saturated heterocycles. The van der Waals surface area contributed by atoms with Gasteiger partial charge in [-0.3, -0.25) is 0 Å². The first-order valence-electron chi connectivity index (χ1n) is 5.71. The number of anilines is 1. The lowest BCUT2D eigenvalue weighted by molar-refractivity contribution is 0.216. The van der Waals surface area contributed by atoms with Crippen molar-refractivity contribution in [3.63, 3.8) is 0 Å². The van der Waals surface area contributed by atoms with Gasteiger partial charge in [-0.05, 0) is 58.4 Å². The Morgan fingerprint density at radius 2 is 1.68 bits per heavy atom. The SMILES string of the molecule is Nc1ccc(OCCOc2ccc(F)cc2Br)cc1. The van der Waals surface area contributed by atoms with Crippen LogP contribution in [0.4, 0.5) is 10.1 Å². The molecule has 3 nitrogen and oxygen atoms in total. The average molecular weight is 326 g/mol. The van der Waals surface area contributed by atoms with Crippen LogP contribution in [-0.4, -0.2) is 13.2 Å². The van der Waals surface area contributed by atoms with Crippen LogP contribution in [0.25, 0.3) is 0 Å². The summed E-state index contributed by atoms with van der Waals surface area (Å²) < 4.78 is 24.4.